The Morgan fingerprint density at radius 1 is 1.27 bits per heavy atom. The van der Waals surface area contributed by atoms with Gasteiger partial charge in [0.1, 0.15) is 0 Å². The van der Waals surface area contributed by atoms with Crippen molar-refractivity contribution in [2.75, 3.05) is 45.6 Å². The lowest BCUT2D eigenvalue weighted by molar-refractivity contribution is -0.885. The summed E-state index contributed by atoms with van der Waals surface area (Å²) in [5.74, 6) is -0.251. The van der Waals surface area contributed by atoms with Crippen molar-refractivity contribution in [1.29, 1.82) is 0 Å². The zero-order valence-corrected chi connectivity index (χ0v) is 12.8. The summed E-state index contributed by atoms with van der Waals surface area (Å²) in [6, 6.07) is 6.76. The van der Waals surface area contributed by atoms with E-state index in [4.69, 9.17) is 0 Å². The molecule has 1 aliphatic heterocycles. The maximum absolute atomic E-state index is 12.0. The minimum absolute atomic E-state index is 0.0272. The van der Waals surface area contributed by atoms with E-state index in [2.05, 4.69) is 10.6 Å². The fourth-order valence-corrected chi connectivity index (χ4v) is 2.29. The number of carbonyl (C=O) groups is 3. The van der Waals surface area contributed by atoms with Crippen LogP contribution in [0, 0.1) is 0 Å². The normalized spacial score (nSPS) is 17.5. The number of hydrogen-bond donors (Lipinski definition) is 3. The molecular formula is C15H21N4O3+. The van der Waals surface area contributed by atoms with Gasteiger partial charge < -0.3 is 20.4 Å². The Bertz CT molecular complexity index is 569. The van der Waals surface area contributed by atoms with Crippen LogP contribution in [0.5, 0.6) is 0 Å². The second kappa shape index (κ2) is 7.04. The summed E-state index contributed by atoms with van der Waals surface area (Å²) in [6.07, 6.45) is 0. The molecule has 1 aromatic rings. The number of hydrogen-bond acceptors (Lipinski definition) is 3. The maximum Gasteiger partial charge on any atom is 0.279 e. The van der Waals surface area contributed by atoms with Gasteiger partial charge >= 0.3 is 0 Å². The van der Waals surface area contributed by atoms with Crippen LogP contribution in [0.25, 0.3) is 0 Å². The van der Waals surface area contributed by atoms with Crippen molar-refractivity contribution in [1.82, 2.24) is 10.2 Å². The smallest absolute Gasteiger partial charge is 0.279 e. The molecule has 0 radical (unpaired) electrons. The molecule has 7 nitrogen and oxygen atoms in total. The number of rotatable bonds is 4. The van der Waals surface area contributed by atoms with E-state index in [1.165, 1.54) is 4.90 Å². The molecule has 3 N–H and O–H groups in total. The standard InChI is InChI=1S/C15H20N4O3/c1-18(2)15(22)11-3-5-12(6-4-11)17-14(21)10-19-8-7-16-13(20)9-19/h3-6H,7-10H2,1-2H3,(H,16,20)(H,17,21)/p+1. The average Bonchev–Trinajstić information content (AvgIpc) is 2.47. The third-order valence-electron chi connectivity index (χ3n) is 3.44. The van der Waals surface area contributed by atoms with Crippen molar-refractivity contribution in [2.24, 2.45) is 0 Å². The summed E-state index contributed by atoms with van der Waals surface area (Å²) >= 11 is 0. The molecular weight excluding hydrogens is 284 g/mol. The summed E-state index contributed by atoms with van der Waals surface area (Å²) in [5, 5.41) is 5.52. The number of piperazine rings is 1. The first-order chi connectivity index (χ1) is 10.5. The van der Waals surface area contributed by atoms with Crippen molar-refractivity contribution in [3.8, 4) is 0 Å². The van der Waals surface area contributed by atoms with Gasteiger partial charge in [0.05, 0.1) is 13.1 Å². The number of carbonyl (C=O) groups excluding carboxylic acids is 3. The van der Waals surface area contributed by atoms with Gasteiger partial charge in [-0.3, -0.25) is 14.4 Å². The molecule has 1 heterocycles. The van der Waals surface area contributed by atoms with Crippen LogP contribution in [0.15, 0.2) is 24.3 Å². The van der Waals surface area contributed by atoms with Gasteiger partial charge in [0.15, 0.2) is 13.1 Å². The van der Waals surface area contributed by atoms with Crippen molar-refractivity contribution in [3.63, 3.8) is 0 Å². The van der Waals surface area contributed by atoms with Crippen molar-refractivity contribution in [3.05, 3.63) is 29.8 Å². The van der Waals surface area contributed by atoms with Gasteiger partial charge in [-0.2, -0.15) is 0 Å². The SMILES string of the molecule is CN(C)C(=O)c1ccc(NC(=O)C[NH+]2CCNC(=O)C2)cc1. The molecule has 0 aliphatic carbocycles. The van der Waals surface area contributed by atoms with Crippen LogP contribution in [-0.4, -0.2) is 62.9 Å². The zero-order valence-electron chi connectivity index (χ0n) is 12.8. The van der Waals surface area contributed by atoms with Crippen LogP contribution in [0.4, 0.5) is 5.69 Å². The van der Waals surface area contributed by atoms with E-state index in [0.717, 1.165) is 11.4 Å². The van der Waals surface area contributed by atoms with Crippen molar-refractivity contribution in [2.45, 2.75) is 0 Å². The Labute approximate surface area is 129 Å². The Morgan fingerprint density at radius 2 is 1.95 bits per heavy atom. The monoisotopic (exact) mass is 305 g/mol. The highest BCUT2D eigenvalue weighted by atomic mass is 16.2. The van der Waals surface area contributed by atoms with E-state index < -0.39 is 0 Å². The average molecular weight is 305 g/mol. The maximum atomic E-state index is 12.0. The molecule has 0 bridgehead atoms. The number of benzene rings is 1. The van der Waals surface area contributed by atoms with E-state index in [1.807, 2.05) is 0 Å². The van der Waals surface area contributed by atoms with Crippen LogP contribution in [-0.2, 0) is 9.59 Å². The van der Waals surface area contributed by atoms with E-state index in [-0.39, 0.29) is 24.3 Å². The van der Waals surface area contributed by atoms with Gasteiger partial charge in [-0.15, -0.1) is 0 Å². The number of amides is 3. The van der Waals surface area contributed by atoms with Gasteiger partial charge in [-0.1, -0.05) is 0 Å². The van der Waals surface area contributed by atoms with Crippen molar-refractivity contribution < 1.29 is 19.3 Å². The van der Waals surface area contributed by atoms with Gasteiger partial charge in [-0.25, -0.2) is 0 Å². The predicted molar refractivity (Wildman–Crippen MR) is 81.7 cm³/mol. The second-order valence-electron chi connectivity index (χ2n) is 5.53. The molecule has 22 heavy (non-hydrogen) atoms. The van der Waals surface area contributed by atoms with Gasteiger partial charge in [0.25, 0.3) is 17.7 Å². The van der Waals surface area contributed by atoms with Crippen molar-refractivity contribution >= 4 is 23.4 Å². The van der Waals surface area contributed by atoms with E-state index in [0.29, 0.717) is 24.3 Å². The third kappa shape index (κ3) is 4.29. The fraction of sp³-hybridized carbons (Fsp3) is 0.400. The quantitative estimate of drug-likeness (QED) is 0.623. The van der Waals surface area contributed by atoms with Gasteiger partial charge in [-0.05, 0) is 24.3 Å². The minimum Gasteiger partial charge on any atom is -0.346 e. The van der Waals surface area contributed by atoms with Crippen LogP contribution in [0.2, 0.25) is 0 Å². The lowest BCUT2D eigenvalue weighted by Crippen LogP contribution is -3.16. The summed E-state index contributed by atoms with van der Waals surface area (Å²) in [7, 11) is 3.38. The topological polar surface area (TPSA) is 82.9 Å². The molecule has 1 aromatic carbocycles. The molecule has 118 valence electrons. The highest BCUT2D eigenvalue weighted by Crippen LogP contribution is 2.10. The van der Waals surface area contributed by atoms with Gasteiger partial charge in [0, 0.05) is 25.3 Å². The van der Waals surface area contributed by atoms with E-state index in [1.54, 1.807) is 38.4 Å². The van der Waals surface area contributed by atoms with E-state index in [9.17, 15) is 14.4 Å². The summed E-state index contributed by atoms with van der Waals surface area (Å²) in [6.45, 7) is 1.92. The predicted octanol–water partition coefficient (Wildman–Crippen LogP) is -1.66. The first-order valence-electron chi connectivity index (χ1n) is 7.17. The molecule has 2 rings (SSSR count). The highest BCUT2D eigenvalue weighted by molar-refractivity contribution is 5.95. The molecule has 0 aromatic heterocycles. The lowest BCUT2D eigenvalue weighted by Gasteiger charge is -2.22. The minimum atomic E-state index is -0.142. The Morgan fingerprint density at radius 3 is 2.55 bits per heavy atom. The third-order valence-corrected chi connectivity index (χ3v) is 3.44. The number of quaternary nitrogens is 1. The Hall–Kier alpha value is -2.41. The lowest BCUT2D eigenvalue weighted by atomic mass is 10.2. The molecule has 0 saturated carbocycles. The van der Waals surface area contributed by atoms with Crippen LogP contribution in [0.1, 0.15) is 10.4 Å². The van der Waals surface area contributed by atoms with E-state index >= 15 is 0 Å². The zero-order chi connectivity index (χ0) is 16.1. The summed E-state index contributed by atoms with van der Waals surface area (Å²) in [4.78, 5) is 37.5. The first-order valence-corrected chi connectivity index (χ1v) is 7.17. The Kier molecular flexibility index (Phi) is 5.11. The highest BCUT2D eigenvalue weighted by Gasteiger charge is 2.22. The van der Waals surface area contributed by atoms with Crippen LogP contribution in [0.3, 0.4) is 0 Å². The second-order valence-corrected chi connectivity index (χ2v) is 5.53. The van der Waals surface area contributed by atoms with Gasteiger partial charge in [0.2, 0.25) is 0 Å². The molecule has 3 amide bonds. The number of nitrogens with one attached hydrogen (secondary N) is 3. The first kappa shape index (κ1) is 16.0. The molecule has 1 unspecified atom stereocenters. The summed E-state index contributed by atoms with van der Waals surface area (Å²) < 4.78 is 0. The number of nitrogens with zero attached hydrogens (tertiary/aromatic N) is 1. The summed E-state index contributed by atoms with van der Waals surface area (Å²) in [5.41, 5.74) is 1.21. The molecule has 1 aliphatic rings. The van der Waals surface area contributed by atoms with Crippen LogP contribution < -0.4 is 15.5 Å². The fourth-order valence-electron chi connectivity index (χ4n) is 2.29. The molecule has 1 fully saturated rings. The Balaban J connectivity index is 1.89. The molecule has 7 heteroatoms. The molecule has 1 saturated heterocycles. The number of anilines is 1. The molecule has 1 atom stereocenters. The molecule has 0 spiro atoms. The van der Waals surface area contributed by atoms with Crippen LogP contribution >= 0.6 is 0 Å². The largest absolute Gasteiger partial charge is 0.346 e.